The smallest absolute Gasteiger partial charge is 0.255 e. The van der Waals surface area contributed by atoms with Crippen LogP contribution in [-0.2, 0) is 4.79 Å². The van der Waals surface area contributed by atoms with Crippen molar-refractivity contribution in [1.29, 1.82) is 0 Å². The lowest BCUT2D eigenvalue weighted by molar-refractivity contribution is -0.124. The van der Waals surface area contributed by atoms with Crippen LogP contribution in [0.4, 0.5) is 0 Å². The lowest BCUT2D eigenvalue weighted by Gasteiger charge is -2.27. The van der Waals surface area contributed by atoms with Gasteiger partial charge in [-0.3, -0.25) is 4.79 Å². The number of oxazole rings is 1. The van der Waals surface area contributed by atoms with Crippen LogP contribution >= 0.6 is 11.8 Å². The summed E-state index contributed by atoms with van der Waals surface area (Å²) >= 11 is 1.55. The van der Waals surface area contributed by atoms with Crippen molar-refractivity contribution in [3.8, 4) is 0 Å². The van der Waals surface area contributed by atoms with Crippen molar-refractivity contribution in [2.75, 3.05) is 12.3 Å². The fourth-order valence-electron chi connectivity index (χ4n) is 1.57. The van der Waals surface area contributed by atoms with E-state index in [2.05, 4.69) is 17.2 Å². The van der Waals surface area contributed by atoms with Crippen LogP contribution < -0.4 is 11.1 Å². The first-order chi connectivity index (χ1) is 8.58. The summed E-state index contributed by atoms with van der Waals surface area (Å²) in [4.78, 5) is 15.5. The van der Waals surface area contributed by atoms with E-state index in [0.29, 0.717) is 5.22 Å². The summed E-state index contributed by atoms with van der Waals surface area (Å²) in [5.41, 5.74) is 4.83. The van der Waals surface area contributed by atoms with E-state index in [1.807, 2.05) is 6.92 Å². The average molecular weight is 271 g/mol. The van der Waals surface area contributed by atoms with E-state index < -0.39 is 5.54 Å². The van der Waals surface area contributed by atoms with E-state index in [0.717, 1.165) is 31.6 Å². The average Bonchev–Trinajstić information content (AvgIpc) is 2.85. The van der Waals surface area contributed by atoms with Crippen LogP contribution in [0, 0.1) is 0 Å². The lowest BCUT2D eigenvalue weighted by Crippen LogP contribution is -2.53. The predicted molar refractivity (Wildman–Crippen MR) is 72.4 cm³/mol. The van der Waals surface area contributed by atoms with Crippen molar-refractivity contribution in [2.45, 2.75) is 43.9 Å². The molecule has 102 valence electrons. The molecule has 0 aromatic carbocycles. The van der Waals surface area contributed by atoms with Crippen molar-refractivity contribution in [2.24, 2.45) is 5.73 Å². The van der Waals surface area contributed by atoms with Crippen molar-refractivity contribution >= 4 is 17.7 Å². The number of thioether (sulfide) groups is 1. The van der Waals surface area contributed by atoms with Gasteiger partial charge in [0.25, 0.3) is 5.22 Å². The Morgan fingerprint density at radius 3 is 3.00 bits per heavy atom. The molecule has 0 fully saturated rings. The van der Waals surface area contributed by atoms with Gasteiger partial charge in [-0.2, -0.15) is 0 Å². The number of carbonyl (C=O) groups is 1. The van der Waals surface area contributed by atoms with Gasteiger partial charge in [0.2, 0.25) is 5.91 Å². The van der Waals surface area contributed by atoms with Crippen molar-refractivity contribution in [1.82, 2.24) is 10.3 Å². The summed E-state index contributed by atoms with van der Waals surface area (Å²) < 4.78 is 5.12. The molecule has 6 heteroatoms. The molecule has 1 aromatic rings. The minimum atomic E-state index is -0.618. The second-order valence-electron chi connectivity index (χ2n) is 4.37. The highest BCUT2D eigenvalue weighted by molar-refractivity contribution is 7.99. The van der Waals surface area contributed by atoms with E-state index in [1.54, 1.807) is 24.2 Å². The van der Waals surface area contributed by atoms with Crippen LogP contribution in [0.15, 0.2) is 22.1 Å². The first-order valence-corrected chi connectivity index (χ1v) is 7.14. The first-order valence-electron chi connectivity index (χ1n) is 6.15. The van der Waals surface area contributed by atoms with E-state index in [4.69, 9.17) is 10.2 Å². The van der Waals surface area contributed by atoms with Crippen molar-refractivity contribution in [3.05, 3.63) is 12.5 Å². The lowest BCUT2D eigenvalue weighted by atomic mass is 9.95. The van der Waals surface area contributed by atoms with Crippen LogP contribution in [-0.4, -0.2) is 28.7 Å². The third-order valence-electron chi connectivity index (χ3n) is 2.77. The van der Waals surface area contributed by atoms with Gasteiger partial charge in [-0.25, -0.2) is 4.98 Å². The first kappa shape index (κ1) is 15.0. The van der Waals surface area contributed by atoms with Crippen molar-refractivity contribution < 1.29 is 9.21 Å². The quantitative estimate of drug-likeness (QED) is 0.528. The Bertz CT molecular complexity index is 356. The number of carbonyl (C=O) groups excluding carboxylic acids is 1. The minimum Gasteiger partial charge on any atom is -0.440 e. The Labute approximate surface area is 112 Å². The normalized spacial score (nSPS) is 14.3. The molecule has 0 aliphatic heterocycles. The molecule has 1 atom stereocenters. The summed E-state index contributed by atoms with van der Waals surface area (Å²) in [6.45, 7) is 4.72. The Kier molecular flexibility index (Phi) is 6.21. The summed E-state index contributed by atoms with van der Waals surface area (Å²) in [6.07, 6.45) is 5.75. The molecule has 3 N–H and O–H groups in total. The molecule has 1 heterocycles. The standard InChI is InChI=1S/C12H21N3O2S/c1-3-6-15-12(2,10(13)16)5-4-9-18-11-14-7-8-17-11/h7-8,15H,3-6,9H2,1-2H3,(H2,13,16). The van der Waals surface area contributed by atoms with Gasteiger partial charge < -0.3 is 15.5 Å². The number of hydrogen-bond donors (Lipinski definition) is 2. The molecule has 0 radical (unpaired) electrons. The van der Waals surface area contributed by atoms with Crippen molar-refractivity contribution in [3.63, 3.8) is 0 Å². The molecule has 0 saturated carbocycles. The van der Waals surface area contributed by atoms with Gasteiger partial charge in [-0.05, 0) is 32.7 Å². The SMILES string of the molecule is CCCNC(C)(CCCSc1ncco1)C(N)=O. The van der Waals surface area contributed by atoms with Crippen LogP contribution in [0.5, 0.6) is 0 Å². The van der Waals surface area contributed by atoms with Gasteiger partial charge in [-0.15, -0.1) is 0 Å². The highest BCUT2D eigenvalue weighted by Gasteiger charge is 2.29. The maximum Gasteiger partial charge on any atom is 0.255 e. The third kappa shape index (κ3) is 4.70. The number of hydrogen-bond acceptors (Lipinski definition) is 5. The Hall–Kier alpha value is -1.01. The second kappa shape index (κ2) is 7.43. The Balaban J connectivity index is 2.31. The third-order valence-corrected chi connectivity index (χ3v) is 3.71. The van der Waals surface area contributed by atoms with Gasteiger partial charge in [-0.1, -0.05) is 18.7 Å². The van der Waals surface area contributed by atoms with Gasteiger partial charge >= 0.3 is 0 Å². The van der Waals surface area contributed by atoms with Gasteiger partial charge in [0.15, 0.2) is 0 Å². The van der Waals surface area contributed by atoms with Gasteiger partial charge in [0.1, 0.15) is 6.26 Å². The zero-order valence-corrected chi connectivity index (χ0v) is 11.8. The molecule has 1 amide bonds. The number of primary amides is 1. The fourth-order valence-corrected chi connectivity index (χ4v) is 2.29. The number of nitrogens with one attached hydrogen (secondary N) is 1. The number of rotatable bonds is 9. The molecule has 18 heavy (non-hydrogen) atoms. The van der Waals surface area contributed by atoms with Crippen LogP contribution in [0.1, 0.15) is 33.1 Å². The molecule has 1 aromatic heterocycles. The van der Waals surface area contributed by atoms with Gasteiger partial charge in [0, 0.05) is 5.75 Å². The maximum absolute atomic E-state index is 11.5. The minimum absolute atomic E-state index is 0.294. The molecule has 5 nitrogen and oxygen atoms in total. The zero-order chi connectivity index (χ0) is 13.4. The largest absolute Gasteiger partial charge is 0.440 e. The van der Waals surface area contributed by atoms with Crippen LogP contribution in [0.2, 0.25) is 0 Å². The molecular weight excluding hydrogens is 250 g/mol. The predicted octanol–water partition coefficient (Wildman–Crippen LogP) is 1.79. The highest BCUT2D eigenvalue weighted by atomic mass is 32.2. The summed E-state index contributed by atoms with van der Waals surface area (Å²) in [5.74, 6) is 0.564. The molecular formula is C12H21N3O2S. The van der Waals surface area contributed by atoms with E-state index in [1.165, 1.54) is 0 Å². The molecule has 0 bridgehead atoms. The highest BCUT2D eigenvalue weighted by Crippen LogP contribution is 2.19. The van der Waals surface area contributed by atoms with E-state index in [9.17, 15) is 4.79 Å². The summed E-state index contributed by atoms with van der Waals surface area (Å²) in [7, 11) is 0. The molecule has 0 aliphatic rings. The second-order valence-corrected chi connectivity index (χ2v) is 5.42. The monoisotopic (exact) mass is 271 g/mol. The number of aromatic nitrogens is 1. The van der Waals surface area contributed by atoms with E-state index >= 15 is 0 Å². The van der Waals surface area contributed by atoms with Crippen LogP contribution in [0.25, 0.3) is 0 Å². The number of amides is 1. The molecule has 0 spiro atoms. The van der Waals surface area contributed by atoms with Crippen LogP contribution in [0.3, 0.4) is 0 Å². The topological polar surface area (TPSA) is 81.2 Å². The number of nitrogens with zero attached hydrogens (tertiary/aromatic N) is 1. The molecule has 0 saturated heterocycles. The van der Waals surface area contributed by atoms with Gasteiger partial charge in [0.05, 0.1) is 11.7 Å². The molecule has 1 rings (SSSR count). The molecule has 0 aliphatic carbocycles. The molecule has 1 unspecified atom stereocenters. The summed E-state index contributed by atoms with van der Waals surface area (Å²) in [5, 5.41) is 3.88. The number of nitrogens with two attached hydrogens (primary N) is 1. The zero-order valence-electron chi connectivity index (χ0n) is 10.9. The Morgan fingerprint density at radius 1 is 1.67 bits per heavy atom. The Morgan fingerprint density at radius 2 is 2.44 bits per heavy atom. The summed E-state index contributed by atoms with van der Waals surface area (Å²) in [6, 6.07) is 0. The van der Waals surface area contributed by atoms with E-state index in [-0.39, 0.29) is 5.91 Å². The fraction of sp³-hybridized carbons (Fsp3) is 0.667. The maximum atomic E-state index is 11.5.